The van der Waals surface area contributed by atoms with Gasteiger partial charge >= 0.3 is 0 Å². The summed E-state index contributed by atoms with van der Waals surface area (Å²) in [6, 6.07) is 6.61. The largest absolute Gasteiger partial charge is 0.299 e. The second-order valence-electron chi connectivity index (χ2n) is 7.35. The lowest BCUT2D eigenvalue weighted by Crippen LogP contribution is -2.42. The first-order chi connectivity index (χ1) is 11.6. The summed E-state index contributed by atoms with van der Waals surface area (Å²) in [7, 11) is -3.44. The van der Waals surface area contributed by atoms with Gasteiger partial charge in [-0.2, -0.15) is 5.26 Å². The summed E-state index contributed by atoms with van der Waals surface area (Å²) >= 11 is 0. The van der Waals surface area contributed by atoms with Crippen molar-refractivity contribution in [3.8, 4) is 6.07 Å². The number of nitriles is 1. The lowest BCUT2D eigenvalue weighted by molar-refractivity contribution is 0.0616. The molecule has 1 aromatic carbocycles. The number of nitrogens with one attached hydrogen (secondary N) is 1. The summed E-state index contributed by atoms with van der Waals surface area (Å²) in [5, 5.41) is 9.13. The van der Waals surface area contributed by atoms with Gasteiger partial charge in [-0.15, -0.1) is 0 Å². The number of sulfonamides is 1. The van der Waals surface area contributed by atoms with Gasteiger partial charge < -0.3 is 0 Å². The molecule has 0 aliphatic carbocycles. The molecule has 0 unspecified atom stereocenters. The maximum atomic E-state index is 13.8. The fraction of sp³-hybridized carbons (Fsp3) is 0.611. The summed E-state index contributed by atoms with van der Waals surface area (Å²) in [4.78, 5) is 2.23. The Bertz CT molecular complexity index is 748. The molecule has 1 N–H and O–H groups in total. The van der Waals surface area contributed by atoms with Crippen molar-refractivity contribution in [3.63, 3.8) is 0 Å². The maximum absolute atomic E-state index is 13.8. The van der Waals surface area contributed by atoms with Crippen LogP contribution in [0.25, 0.3) is 0 Å². The standard InChI is InChI=1S/C18H26FN3O2S/c1-14(2)18(4-7-20)5-8-22(9-6-18)13-15-10-16(19)12-17(11-15)21-25(3,23)24/h10-12,14,21H,4-6,8-9,13H2,1-3H3. The molecule has 0 aromatic heterocycles. The first kappa shape index (κ1) is 19.7. The summed E-state index contributed by atoms with van der Waals surface area (Å²) in [5.74, 6) is -0.00398. The summed E-state index contributed by atoms with van der Waals surface area (Å²) in [5.41, 5.74) is 1.05. The van der Waals surface area contributed by atoms with E-state index in [0.29, 0.717) is 18.9 Å². The van der Waals surface area contributed by atoms with Crippen LogP contribution in [0.1, 0.15) is 38.7 Å². The van der Waals surface area contributed by atoms with E-state index in [1.54, 1.807) is 6.07 Å². The van der Waals surface area contributed by atoms with E-state index in [9.17, 15) is 12.8 Å². The molecule has 0 spiro atoms. The van der Waals surface area contributed by atoms with Crippen LogP contribution in [-0.2, 0) is 16.6 Å². The van der Waals surface area contributed by atoms with Crippen molar-refractivity contribution in [2.75, 3.05) is 24.1 Å². The number of benzene rings is 1. The van der Waals surface area contributed by atoms with Gasteiger partial charge in [-0.25, -0.2) is 12.8 Å². The molecule has 0 saturated carbocycles. The zero-order valence-electron chi connectivity index (χ0n) is 15.0. The molecule has 1 aliphatic rings. The number of halogens is 1. The molecule has 138 valence electrons. The van der Waals surface area contributed by atoms with Crippen LogP contribution in [0, 0.1) is 28.5 Å². The third-order valence-corrected chi connectivity index (χ3v) is 5.78. The number of nitrogens with zero attached hydrogens (tertiary/aromatic N) is 2. The van der Waals surface area contributed by atoms with Crippen LogP contribution < -0.4 is 4.72 Å². The minimum absolute atomic E-state index is 0.0657. The molecule has 1 aliphatic heterocycles. The Morgan fingerprint density at radius 1 is 1.32 bits per heavy atom. The number of anilines is 1. The molecule has 1 heterocycles. The highest BCUT2D eigenvalue weighted by atomic mass is 32.2. The van der Waals surface area contributed by atoms with Crippen molar-refractivity contribution in [1.82, 2.24) is 4.90 Å². The quantitative estimate of drug-likeness (QED) is 0.837. The molecule has 0 bridgehead atoms. The molecule has 0 atom stereocenters. The average molecular weight is 367 g/mol. The Hall–Kier alpha value is -1.65. The number of hydrogen-bond acceptors (Lipinski definition) is 4. The second kappa shape index (κ2) is 7.71. The Balaban J connectivity index is 2.06. The lowest BCUT2D eigenvalue weighted by atomic mass is 9.68. The van der Waals surface area contributed by atoms with E-state index in [4.69, 9.17) is 5.26 Å². The second-order valence-corrected chi connectivity index (χ2v) is 9.10. The fourth-order valence-electron chi connectivity index (χ4n) is 3.55. The van der Waals surface area contributed by atoms with Crippen LogP contribution in [0.15, 0.2) is 18.2 Å². The normalized spacial score (nSPS) is 18.1. The molecule has 7 heteroatoms. The Kier molecular flexibility index (Phi) is 6.07. The minimum atomic E-state index is -3.44. The molecule has 5 nitrogen and oxygen atoms in total. The molecule has 1 fully saturated rings. The van der Waals surface area contributed by atoms with Crippen LogP contribution in [0.4, 0.5) is 10.1 Å². The molecule has 25 heavy (non-hydrogen) atoms. The van der Waals surface area contributed by atoms with Crippen LogP contribution in [0.5, 0.6) is 0 Å². The predicted molar refractivity (Wildman–Crippen MR) is 96.9 cm³/mol. The molecule has 1 aromatic rings. The van der Waals surface area contributed by atoms with Gasteiger partial charge in [0.1, 0.15) is 5.82 Å². The van der Waals surface area contributed by atoms with Crippen LogP contribution in [-0.4, -0.2) is 32.7 Å². The molecular weight excluding hydrogens is 341 g/mol. The van der Waals surface area contributed by atoms with E-state index in [2.05, 4.69) is 29.5 Å². The van der Waals surface area contributed by atoms with E-state index < -0.39 is 15.8 Å². The molecule has 1 saturated heterocycles. The Morgan fingerprint density at radius 2 is 1.96 bits per heavy atom. The zero-order valence-corrected chi connectivity index (χ0v) is 15.9. The highest BCUT2D eigenvalue weighted by Gasteiger charge is 2.37. The van der Waals surface area contributed by atoms with Crippen LogP contribution in [0.2, 0.25) is 0 Å². The highest BCUT2D eigenvalue weighted by Crippen LogP contribution is 2.41. The van der Waals surface area contributed by atoms with Gasteiger partial charge in [0.15, 0.2) is 0 Å². The SMILES string of the molecule is CC(C)C1(CC#N)CCN(Cc2cc(F)cc(NS(C)(=O)=O)c2)CC1. The fourth-order valence-corrected chi connectivity index (χ4v) is 4.09. The monoisotopic (exact) mass is 367 g/mol. The zero-order chi connectivity index (χ0) is 18.7. The van der Waals surface area contributed by atoms with Gasteiger partial charge in [0.25, 0.3) is 0 Å². The third kappa shape index (κ3) is 5.41. The predicted octanol–water partition coefficient (Wildman–Crippen LogP) is 3.35. The van der Waals surface area contributed by atoms with Crippen LogP contribution >= 0.6 is 0 Å². The van der Waals surface area contributed by atoms with E-state index in [0.717, 1.165) is 37.8 Å². The highest BCUT2D eigenvalue weighted by molar-refractivity contribution is 7.92. The number of hydrogen-bond donors (Lipinski definition) is 1. The topological polar surface area (TPSA) is 73.2 Å². The van der Waals surface area contributed by atoms with E-state index >= 15 is 0 Å². The number of piperidine rings is 1. The van der Waals surface area contributed by atoms with Crippen molar-refractivity contribution in [2.24, 2.45) is 11.3 Å². The van der Waals surface area contributed by atoms with Gasteiger partial charge in [0, 0.05) is 13.0 Å². The van der Waals surface area contributed by atoms with Crippen molar-refractivity contribution < 1.29 is 12.8 Å². The van der Waals surface area contributed by atoms with Crippen molar-refractivity contribution >= 4 is 15.7 Å². The van der Waals surface area contributed by atoms with Crippen molar-refractivity contribution in [3.05, 3.63) is 29.6 Å². The summed E-state index contributed by atoms with van der Waals surface area (Å²) in [6.07, 6.45) is 3.51. The van der Waals surface area contributed by atoms with Crippen molar-refractivity contribution in [1.29, 1.82) is 5.26 Å². The van der Waals surface area contributed by atoms with Gasteiger partial charge in [0.2, 0.25) is 10.0 Å². The number of likely N-dealkylation sites (tertiary alicyclic amines) is 1. The average Bonchev–Trinajstić information content (AvgIpc) is 2.47. The molecular formula is C18H26FN3O2S. The summed E-state index contributed by atoms with van der Waals surface area (Å²) < 4.78 is 38.8. The Morgan fingerprint density at radius 3 is 2.48 bits per heavy atom. The van der Waals surface area contributed by atoms with E-state index in [-0.39, 0.29) is 11.1 Å². The van der Waals surface area contributed by atoms with Gasteiger partial charge in [-0.05, 0) is 61.0 Å². The smallest absolute Gasteiger partial charge is 0.229 e. The molecule has 2 rings (SSSR count). The van der Waals surface area contributed by atoms with Gasteiger partial charge in [0.05, 0.1) is 18.0 Å². The summed E-state index contributed by atoms with van der Waals surface area (Å²) in [6.45, 7) is 6.61. The maximum Gasteiger partial charge on any atom is 0.229 e. The number of rotatable bonds is 6. The first-order valence-corrected chi connectivity index (χ1v) is 10.4. The third-order valence-electron chi connectivity index (χ3n) is 5.17. The first-order valence-electron chi connectivity index (χ1n) is 8.50. The minimum Gasteiger partial charge on any atom is -0.299 e. The van der Waals surface area contributed by atoms with Crippen LogP contribution in [0.3, 0.4) is 0 Å². The van der Waals surface area contributed by atoms with Gasteiger partial charge in [-0.3, -0.25) is 9.62 Å². The van der Waals surface area contributed by atoms with E-state index in [1.165, 1.54) is 12.1 Å². The lowest BCUT2D eigenvalue weighted by Gasteiger charge is -2.43. The van der Waals surface area contributed by atoms with E-state index in [1.807, 2.05) is 0 Å². The molecule has 0 radical (unpaired) electrons. The Labute approximate surface area is 149 Å². The van der Waals surface area contributed by atoms with Gasteiger partial charge in [-0.1, -0.05) is 13.8 Å². The molecule has 0 amide bonds. The van der Waals surface area contributed by atoms with Crippen molar-refractivity contribution in [2.45, 2.75) is 39.7 Å².